The normalized spacial score (nSPS) is 11.0. The molecule has 2 aromatic carbocycles. The molecule has 0 aliphatic carbocycles. The van der Waals surface area contributed by atoms with Gasteiger partial charge < -0.3 is 14.8 Å². The maximum atomic E-state index is 5.38. The van der Waals surface area contributed by atoms with E-state index in [4.69, 9.17) is 14.1 Å². The fourth-order valence-electron chi connectivity index (χ4n) is 2.61. The molecule has 30 heavy (non-hydrogen) atoms. The monoisotopic (exact) mass is 469 g/mol. The van der Waals surface area contributed by atoms with E-state index in [-0.39, 0.29) is 11.3 Å². The molecule has 2 N–H and O–H groups in total. The van der Waals surface area contributed by atoms with Crippen molar-refractivity contribution in [3.8, 4) is 11.5 Å². The average Bonchev–Trinajstić information content (AvgIpc) is 3.21. The van der Waals surface area contributed by atoms with Gasteiger partial charge in [0.2, 0.25) is 11.3 Å². The van der Waals surface area contributed by atoms with Gasteiger partial charge in [-0.25, -0.2) is 9.61 Å². The summed E-state index contributed by atoms with van der Waals surface area (Å²) in [6, 6.07) is 13.0. The van der Waals surface area contributed by atoms with Crippen LogP contribution in [0.2, 0.25) is 0 Å². The smallest absolute Gasteiger partial charge is 0.245 e. The summed E-state index contributed by atoms with van der Waals surface area (Å²) in [7, 11) is 3.20. The van der Waals surface area contributed by atoms with Crippen molar-refractivity contribution in [3.63, 3.8) is 0 Å². The van der Waals surface area contributed by atoms with E-state index < -0.39 is 0 Å². The highest BCUT2D eigenvalue weighted by Crippen LogP contribution is 2.30. The van der Waals surface area contributed by atoms with Gasteiger partial charge >= 0.3 is 0 Å². The predicted octanol–water partition coefficient (Wildman–Crippen LogP) is 3.98. The standard InChI is InChI=1S/C19H16BrN7O3/c1-28-14-8-7-11(9-12(14)20)10-21-25-17-16(23-18-19(24-17)27-30-26-18)22-13-5-3-4-6-15(13)29-2/h3-10H,1-2H3,(H,22,23,26)(H,24,25,27). The molecule has 0 bridgehead atoms. The minimum atomic E-state index is 0.255. The van der Waals surface area contributed by atoms with Crippen LogP contribution < -0.4 is 20.2 Å². The van der Waals surface area contributed by atoms with E-state index in [2.05, 4.69) is 52.1 Å². The molecule has 0 aliphatic rings. The van der Waals surface area contributed by atoms with E-state index in [1.54, 1.807) is 20.4 Å². The third kappa shape index (κ3) is 4.15. The highest BCUT2D eigenvalue weighted by molar-refractivity contribution is 9.10. The lowest BCUT2D eigenvalue weighted by atomic mass is 10.2. The van der Waals surface area contributed by atoms with E-state index in [0.29, 0.717) is 23.1 Å². The number of nitrogens with one attached hydrogen (secondary N) is 2. The van der Waals surface area contributed by atoms with E-state index in [1.807, 2.05) is 42.5 Å². The number of nitrogens with zero attached hydrogens (tertiary/aromatic N) is 5. The third-order valence-electron chi connectivity index (χ3n) is 4.03. The molecule has 10 nitrogen and oxygen atoms in total. The lowest BCUT2D eigenvalue weighted by molar-refractivity contribution is 0.314. The summed E-state index contributed by atoms with van der Waals surface area (Å²) >= 11 is 3.45. The molecule has 0 unspecified atom stereocenters. The molecule has 4 rings (SSSR count). The number of ether oxygens (including phenoxy) is 2. The first-order chi connectivity index (χ1) is 14.7. The summed E-state index contributed by atoms with van der Waals surface area (Å²) in [6.07, 6.45) is 1.64. The van der Waals surface area contributed by atoms with E-state index in [0.717, 1.165) is 15.8 Å². The zero-order valence-corrected chi connectivity index (χ0v) is 17.5. The van der Waals surface area contributed by atoms with E-state index >= 15 is 0 Å². The largest absolute Gasteiger partial charge is 0.496 e. The van der Waals surface area contributed by atoms with Gasteiger partial charge in [-0.15, -0.1) is 0 Å². The summed E-state index contributed by atoms with van der Waals surface area (Å²) in [6.45, 7) is 0. The first-order valence-corrected chi connectivity index (χ1v) is 9.50. The number of anilines is 3. The van der Waals surface area contributed by atoms with Crippen LogP contribution in [0.3, 0.4) is 0 Å². The average molecular weight is 470 g/mol. The zero-order chi connectivity index (χ0) is 20.9. The van der Waals surface area contributed by atoms with Crippen LogP contribution in [0, 0.1) is 0 Å². The number of aromatic nitrogens is 4. The van der Waals surface area contributed by atoms with E-state index in [9.17, 15) is 0 Å². The molecule has 11 heteroatoms. The molecule has 0 amide bonds. The molecule has 0 spiro atoms. The van der Waals surface area contributed by atoms with Crippen LogP contribution in [0.25, 0.3) is 11.3 Å². The first kappa shape index (κ1) is 19.6. The van der Waals surface area contributed by atoms with Gasteiger partial charge in [0.25, 0.3) is 0 Å². The zero-order valence-electron chi connectivity index (χ0n) is 16.0. The number of hydrogen-bond acceptors (Lipinski definition) is 10. The lowest BCUT2D eigenvalue weighted by Crippen LogP contribution is -2.04. The van der Waals surface area contributed by atoms with Crippen LogP contribution in [0.1, 0.15) is 5.56 Å². The summed E-state index contributed by atoms with van der Waals surface area (Å²) in [5.41, 5.74) is 4.96. The Labute approximate surface area is 179 Å². The van der Waals surface area contributed by atoms with Gasteiger partial charge in [-0.05, 0) is 62.1 Å². The lowest BCUT2D eigenvalue weighted by Gasteiger charge is -2.12. The fraction of sp³-hybridized carbons (Fsp3) is 0.105. The number of methoxy groups -OCH3 is 2. The van der Waals surface area contributed by atoms with Gasteiger partial charge in [0.15, 0.2) is 11.6 Å². The van der Waals surface area contributed by atoms with Crippen LogP contribution in [0.4, 0.5) is 17.3 Å². The third-order valence-corrected chi connectivity index (χ3v) is 4.65. The van der Waals surface area contributed by atoms with Crippen molar-refractivity contribution in [2.75, 3.05) is 25.0 Å². The number of fused-ring (bicyclic) bond motifs is 1. The SMILES string of the molecule is COc1ccc(C=NNc2nc3nonc3nc2Nc2ccccc2OC)cc1Br. The van der Waals surface area contributed by atoms with Crippen molar-refractivity contribution in [2.24, 2.45) is 5.10 Å². The van der Waals surface area contributed by atoms with Crippen molar-refractivity contribution in [3.05, 3.63) is 52.5 Å². The second-order valence-electron chi connectivity index (χ2n) is 5.92. The number of rotatable bonds is 7. The first-order valence-electron chi connectivity index (χ1n) is 8.71. The summed E-state index contributed by atoms with van der Waals surface area (Å²) in [4.78, 5) is 8.79. The van der Waals surface area contributed by atoms with Crippen LogP contribution in [-0.4, -0.2) is 40.7 Å². The molecule has 152 valence electrons. The highest BCUT2D eigenvalue weighted by Gasteiger charge is 2.14. The Bertz CT molecular complexity index is 1210. The number of halogens is 1. The van der Waals surface area contributed by atoms with Gasteiger partial charge in [0.05, 0.1) is 30.6 Å². The molecular weight excluding hydrogens is 454 g/mol. The molecule has 0 atom stereocenters. The molecular formula is C19H16BrN7O3. The van der Waals surface area contributed by atoms with Crippen molar-refractivity contribution in [1.82, 2.24) is 20.3 Å². The second kappa shape index (κ2) is 8.74. The highest BCUT2D eigenvalue weighted by atomic mass is 79.9. The number of benzene rings is 2. The molecule has 0 saturated carbocycles. The van der Waals surface area contributed by atoms with Gasteiger partial charge in [0, 0.05) is 0 Å². The molecule has 0 fully saturated rings. The molecule has 2 heterocycles. The Morgan fingerprint density at radius 3 is 2.43 bits per heavy atom. The van der Waals surface area contributed by atoms with Crippen molar-refractivity contribution >= 4 is 50.8 Å². The van der Waals surface area contributed by atoms with Gasteiger partial charge in [-0.1, -0.05) is 12.1 Å². The fourth-order valence-corrected chi connectivity index (χ4v) is 3.17. The van der Waals surface area contributed by atoms with E-state index in [1.165, 1.54) is 0 Å². The predicted molar refractivity (Wildman–Crippen MR) is 116 cm³/mol. The maximum absolute atomic E-state index is 5.38. The molecule has 4 aromatic rings. The molecule has 2 aromatic heterocycles. The Morgan fingerprint density at radius 2 is 1.70 bits per heavy atom. The Morgan fingerprint density at radius 1 is 0.967 bits per heavy atom. The number of hydrazone groups is 1. The number of hydrogen-bond donors (Lipinski definition) is 2. The summed E-state index contributed by atoms with van der Waals surface area (Å²) in [5, 5.41) is 14.9. The van der Waals surface area contributed by atoms with Crippen LogP contribution in [0.15, 0.2) is 56.7 Å². The minimum absolute atomic E-state index is 0.255. The molecule has 0 aliphatic heterocycles. The Kier molecular flexibility index (Phi) is 5.70. The quantitative estimate of drug-likeness (QED) is 0.305. The van der Waals surface area contributed by atoms with Crippen molar-refractivity contribution in [2.45, 2.75) is 0 Å². The Balaban J connectivity index is 1.62. The van der Waals surface area contributed by atoms with Crippen LogP contribution in [0.5, 0.6) is 11.5 Å². The minimum Gasteiger partial charge on any atom is -0.496 e. The van der Waals surface area contributed by atoms with Gasteiger partial charge in [-0.2, -0.15) is 10.1 Å². The van der Waals surface area contributed by atoms with Gasteiger partial charge in [-0.3, -0.25) is 5.43 Å². The number of para-hydroxylation sites is 2. The topological polar surface area (TPSA) is 120 Å². The van der Waals surface area contributed by atoms with Crippen LogP contribution >= 0.6 is 15.9 Å². The summed E-state index contributed by atoms with van der Waals surface area (Å²) < 4.78 is 16.1. The van der Waals surface area contributed by atoms with Crippen molar-refractivity contribution < 1.29 is 14.1 Å². The summed E-state index contributed by atoms with van der Waals surface area (Å²) in [5.74, 6) is 2.11. The van der Waals surface area contributed by atoms with Crippen molar-refractivity contribution in [1.29, 1.82) is 0 Å². The van der Waals surface area contributed by atoms with Crippen LogP contribution in [-0.2, 0) is 0 Å². The second-order valence-corrected chi connectivity index (χ2v) is 6.78. The molecule has 0 radical (unpaired) electrons. The van der Waals surface area contributed by atoms with Gasteiger partial charge in [0.1, 0.15) is 11.5 Å². The maximum Gasteiger partial charge on any atom is 0.245 e. The Hall–Kier alpha value is -3.73. The molecule has 0 saturated heterocycles.